The van der Waals surface area contributed by atoms with E-state index in [0.29, 0.717) is 5.92 Å². The van der Waals surface area contributed by atoms with Crippen LogP contribution < -0.4 is 5.32 Å². The highest BCUT2D eigenvalue weighted by Gasteiger charge is 2.09. The van der Waals surface area contributed by atoms with E-state index in [-0.39, 0.29) is 0 Å². The van der Waals surface area contributed by atoms with Gasteiger partial charge < -0.3 is 9.73 Å². The van der Waals surface area contributed by atoms with Crippen LogP contribution in [0.5, 0.6) is 0 Å². The number of furan rings is 1. The Morgan fingerprint density at radius 2 is 2.11 bits per heavy atom. The summed E-state index contributed by atoms with van der Waals surface area (Å²) in [7, 11) is 2.16. The molecule has 1 heterocycles. The molecule has 110 valence electrons. The van der Waals surface area contributed by atoms with E-state index in [4.69, 9.17) is 4.42 Å². The third-order valence-electron chi connectivity index (χ3n) is 3.23. The molecule has 0 radical (unpaired) electrons. The molecular formula is C16H30N2O. The van der Waals surface area contributed by atoms with Crippen molar-refractivity contribution in [2.24, 2.45) is 5.92 Å². The highest BCUT2D eigenvalue weighted by molar-refractivity contribution is 5.20. The van der Waals surface area contributed by atoms with E-state index in [2.05, 4.69) is 51.0 Å². The van der Waals surface area contributed by atoms with E-state index in [1.54, 1.807) is 0 Å². The molecule has 0 bridgehead atoms. The first-order chi connectivity index (χ1) is 9.02. The second-order valence-electron chi connectivity index (χ2n) is 5.93. The van der Waals surface area contributed by atoms with E-state index < -0.39 is 0 Å². The van der Waals surface area contributed by atoms with E-state index in [9.17, 15) is 0 Å². The summed E-state index contributed by atoms with van der Waals surface area (Å²) in [6, 6.07) is 2.18. The van der Waals surface area contributed by atoms with Crippen molar-refractivity contribution in [3.8, 4) is 0 Å². The molecule has 0 amide bonds. The Morgan fingerprint density at radius 3 is 2.74 bits per heavy atom. The fraction of sp³-hybridized carbons (Fsp3) is 0.750. The lowest BCUT2D eigenvalue weighted by Gasteiger charge is -2.14. The molecule has 0 spiro atoms. The molecule has 19 heavy (non-hydrogen) atoms. The van der Waals surface area contributed by atoms with Gasteiger partial charge in [-0.25, -0.2) is 0 Å². The lowest BCUT2D eigenvalue weighted by Crippen LogP contribution is -2.19. The Bertz CT molecular complexity index is 358. The highest BCUT2D eigenvalue weighted by Crippen LogP contribution is 2.16. The Labute approximate surface area is 118 Å². The van der Waals surface area contributed by atoms with E-state index >= 15 is 0 Å². The largest absolute Gasteiger partial charge is 0.463 e. The number of nitrogens with one attached hydrogen (secondary N) is 1. The van der Waals surface area contributed by atoms with Crippen LogP contribution in [0.3, 0.4) is 0 Å². The van der Waals surface area contributed by atoms with Crippen molar-refractivity contribution in [3.05, 3.63) is 23.2 Å². The van der Waals surface area contributed by atoms with E-state index in [1.807, 2.05) is 0 Å². The minimum Gasteiger partial charge on any atom is -0.463 e. The fourth-order valence-corrected chi connectivity index (χ4v) is 2.09. The van der Waals surface area contributed by atoms with Gasteiger partial charge in [0.1, 0.15) is 11.5 Å². The first-order valence-corrected chi connectivity index (χ1v) is 7.50. The van der Waals surface area contributed by atoms with Gasteiger partial charge in [0.2, 0.25) is 0 Å². The second-order valence-corrected chi connectivity index (χ2v) is 5.93. The minimum atomic E-state index is 0.676. The van der Waals surface area contributed by atoms with Gasteiger partial charge in [0, 0.05) is 0 Å². The third kappa shape index (κ3) is 6.26. The number of unbranched alkanes of at least 4 members (excludes halogenated alkanes) is 1. The molecule has 0 aromatic carbocycles. The van der Waals surface area contributed by atoms with Crippen LogP contribution in [0, 0.1) is 12.8 Å². The second kappa shape index (κ2) is 8.39. The summed E-state index contributed by atoms with van der Waals surface area (Å²) >= 11 is 0. The molecule has 0 unspecified atom stereocenters. The monoisotopic (exact) mass is 266 g/mol. The maximum Gasteiger partial charge on any atom is 0.120 e. The maximum atomic E-state index is 5.94. The van der Waals surface area contributed by atoms with Crippen molar-refractivity contribution in [2.75, 3.05) is 20.1 Å². The lowest BCUT2D eigenvalue weighted by molar-refractivity contribution is 0.285. The zero-order valence-electron chi connectivity index (χ0n) is 13.3. The molecule has 0 saturated heterocycles. The van der Waals surface area contributed by atoms with Gasteiger partial charge in [0.05, 0.1) is 13.1 Å². The number of hydrogen-bond acceptors (Lipinski definition) is 3. The quantitative estimate of drug-likeness (QED) is 0.740. The third-order valence-corrected chi connectivity index (χ3v) is 3.23. The molecule has 0 fully saturated rings. The van der Waals surface area contributed by atoms with Gasteiger partial charge >= 0.3 is 0 Å². The Hall–Kier alpha value is -0.800. The van der Waals surface area contributed by atoms with Gasteiger partial charge in [-0.1, -0.05) is 27.2 Å². The maximum absolute atomic E-state index is 5.94. The Balaban J connectivity index is 2.44. The zero-order chi connectivity index (χ0) is 14.3. The number of aryl methyl sites for hydroxylation is 1. The molecule has 1 aromatic rings. The van der Waals surface area contributed by atoms with Crippen LogP contribution in [0.25, 0.3) is 0 Å². The summed E-state index contributed by atoms with van der Waals surface area (Å²) in [4.78, 5) is 2.33. The van der Waals surface area contributed by atoms with Gasteiger partial charge in [0.15, 0.2) is 0 Å². The molecule has 0 aliphatic carbocycles. The van der Waals surface area contributed by atoms with Crippen LogP contribution in [0.4, 0.5) is 0 Å². The van der Waals surface area contributed by atoms with E-state index in [0.717, 1.165) is 37.7 Å². The van der Waals surface area contributed by atoms with Crippen molar-refractivity contribution >= 4 is 0 Å². The summed E-state index contributed by atoms with van der Waals surface area (Å²) < 4.78 is 5.94. The van der Waals surface area contributed by atoms with Crippen LogP contribution >= 0.6 is 0 Å². The van der Waals surface area contributed by atoms with Crippen molar-refractivity contribution in [2.45, 2.75) is 53.6 Å². The summed E-state index contributed by atoms with van der Waals surface area (Å²) in [6.45, 7) is 12.7. The smallest absolute Gasteiger partial charge is 0.120 e. The molecule has 0 aliphatic rings. The van der Waals surface area contributed by atoms with Crippen molar-refractivity contribution in [1.29, 1.82) is 0 Å². The van der Waals surface area contributed by atoms with Gasteiger partial charge in [0.25, 0.3) is 0 Å². The predicted molar refractivity (Wildman–Crippen MR) is 81.2 cm³/mol. The number of rotatable bonds is 9. The van der Waals surface area contributed by atoms with Crippen molar-refractivity contribution in [3.63, 3.8) is 0 Å². The first kappa shape index (κ1) is 16.3. The summed E-state index contributed by atoms with van der Waals surface area (Å²) in [5.74, 6) is 2.84. The van der Waals surface area contributed by atoms with Crippen molar-refractivity contribution in [1.82, 2.24) is 10.2 Å². The molecular weight excluding hydrogens is 236 g/mol. The lowest BCUT2D eigenvalue weighted by atomic mass is 10.2. The van der Waals surface area contributed by atoms with Crippen LogP contribution in [0.2, 0.25) is 0 Å². The summed E-state index contributed by atoms with van der Waals surface area (Å²) in [5, 5.41) is 3.44. The van der Waals surface area contributed by atoms with Crippen LogP contribution in [0.15, 0.2) is 10.5 Å². The number of nitrogens with zero attached hydrogens (tertiary/aromatic N) is 1. The molecule has 0 atom stereocenters. The SMILES string of the molecule is CCCCN(C)Cc1cc(C)c(CNCC(C)C)o1. The summed E-state index contributed by atoms with van der Waals surface area (Å²) in [5.41, 5.74) is 1.26. The fourth-order valence-electron chi connectivity index (χ4n) is 2.09. The standard InChI is InChI=1S/C16H30N2O/c1-6-7-8-18(5)12-15-9-14(4)16(19-15)11-17-10-13(2)3/h9,13,17H,6-8,10-12H2,1-5H3. The van der Waals surface area contributed by atoms with Gasteiger partial charge in [-0.2, -0.15) is 0 Å². The molecule has 1 N–H and O–H groups in total. The molecule has 1 rings (SSSR count). The summed E-state index contributed by atoms with van der Waals surface area (Å²) in [6.07, 6.45) is 2.49. The molecule has 0 aliphatic heterocycles. The van der Waals surface area contributed by atoms with Crippen LogP contribution in [-0.4, -0.2) is 25.0 Å². The first-order valence-electron chi connectivity index (χ1n) is 7.50. The van der Waals surface area contributed by atoms with Gasteiger partial charge in [-0.05, 0) is 51.0 Å². The Kier molecular flexibility index (Phi) is 7.17. The van der Waals surface area contributed by atoms with Crippen LogP contribution in [0.1, 0.15) is 50.7 Å². The molecule has 3 heteroatoms. The topological polar surface area (TPSA) is 28.4 Å². The average Bonchev–Trinajstić information content (AvgIpc) is 2.66. The van der Waals surface area contributed by atoms with Gasteiger partial charge in [-0.3, -0.25) is 4.90 Å². The molecule has 0 saturated carbocycles. The molecule has 3 nitrogen and oxygen atoms in total. The highest BCUT2D eigenvalue weighted by atomic mass is 16.3. The molecule has 1 aromatic heterocycles. The van der Waals surface area contributed by atoms with Crippen molar-refractivity contribution < 1.29 is 4.42 Å². The minimum absolute atomic E-state index is 0.676. The normalized spacial score (nSPS) is 11.7. The number of hydrogen-bond donors (Lipinski definition) is 1. The van der Waals surface area contributed by atoms with E-state index in [1.165, 1.54) is 18.4 Å². The zero-order valence-corrected chi connectivity index (χ0v) is 13.3. The van der Waals surface area contributed by atoms with Crippen LogP contribution in [-0.2, 0) is 13.1 Å². The predicted octanol–water partition coefficient (Wildman–Crippen LogP) is 3.57. The Morgan fingerprint density at radius 1 is 1.37 bits per heavy atom. The average molecular weight is 266 g/mol. The van der Waals surface area contributed by atoms with Gasteiger partial charge in [-0.15, -0.1) is 0 Å².